The Hall–Kier alpha value is -1.29. The van der Waals surface area contributed by atoms with E-state index in [0.717, 1.165) is 5.56 Å². The Bertz CT molecular complexity index is 723. The van der Waals surface area contributed by atoms with Crippen LogP contribution in [0.3, 0.4) is 0 Å². The van der Waals surface area contributed by atoms with Gasteiger partial charge in [-0.1, -0.05) is 52.5 Å². The fraction of sp³-hybridized carbons (Fsp3) is 0.231. The van der Waals surface area contributed by atoms with Gasteiger partial charge in [0.25, 0.3) is 0 Å². The number of halogens is 1. The van der Waals surface area contributed by atoms with Crippen molar-refractivity contribution in [3.63, 3.8) is 0 Å². The number of carbonyl (C=O) groups is 2. The fourth-order valence-corrected chi connectivity index (χ4v) is 4.24. The summed E-state index contributed by atoms with van der Waals surface area (Å²) in [5.41, 5.74) is 6.59. The highest BCUT2D eigenvalue weighted by Crippen LogP contribution is 2.29. The van der Waals surface area contributed by atoms with Gasteiger partial charge in [-0.25, -0.2) is 0 Å². The number of amides is 2. The van der Waals surface area contributed by atoms with Crippen LogP contribution in [-0.2, 0) is 9.59 Å². The first-order valence-corrected chi connectivity index (χ1v) is 9.54. The Morgan fingerprint density at radius 2 is 1.91 bits per heavy atom. The summed E-state index contributed by atoms with van der Waals surface area (Å²) >= 11 is 9.86. The summed E-state index contributed by atoms with van der Waals surface area (Å²) in [6.45, 7) is 1.85. The lowest BCUT2D eigenvalue weighted by atomic mass is 10.2. The van der Waals surface area contributed by atoms with E-state index in [-0.39, 0.29) is 17.4 Å². The van der Waals surface area contributed by atoms with Crippen molar-refractivity contribution in [1.82, 2.24) is 10.2 Å². The van der Waals surface area contributed by atoms with Gasteiger partial charge in [0.2, 0.25) is 11.8 Å². The molecule has 3 N–H and O–H groups in total. The van der Waals surface area contributed by atoms with E-state index in [2.05, 4.69) is 15.5 Å². The van der Waals surface area contributed by atoms with Crippen molar-refractivity contribution in [2.45, 2.75) is 15.6 Å². The zero-order valence-corrected chi connectivity index (χ0v) is 15.2. The van der Waals surface area contributed by atoms with Crippen molar-refractivity contribution < 1.29 is 9.59 Å². The third-order valence-corrected chi connectivity index (χ3v) is 6.22. The van der Waals surface area contributed by atoms with Crippen molar-refractivity contribution in [3.8, 4) is 0 Å². The van der Waals surface area contributed by atoms with Crippen LogP contribution in [0, 0.1) is 6.92 Å². The molecule has 0 saturated heterocycles. The number of nitrogens with two attached hydrogens (primary N) is 1. The zero-order valence-electron chi connectivity index (χ0n) is 12.0. The SMILES string of the molecule is Cc1c(Cl)cccc1NC(=O)CSc1nnc(SCC(N)=O)s1. The molecule has 0 fully saturated rings. The smallest absolute Gasteiger partial charge is 0.234 e. The molecule has 2 aromatic rings. The maximum absolute atomic E-state index is 12.0. The third-order valence-electron chi connectivity index (χ3n) is 2.59. The van der Waals surface area contributed by atoms with Gasteiger partial charge >= 0.3 is 0 Å². The second kappa shape index (κ2) is 8.53. The number of rotatable bonds is 7. The summed E-state index contributed by atoms with van der Waals surface area (Å²) in [6.07, 6.45) is 0. The van der Waals surface area contributed by atoms with Crippen molar-refractivity contribution in [3.05, 3.63) is 28.8 Å². The normalized spacial score (nSPS) is 10.5. The molecule has 0 aliphatic heterocycles. The van der Waals surface area contributed by atoms with Gasteiger partial charge < -0.3 is 11.1 Å². The monoisotopic (exact) mass is 388 g/mol. The van der Waals surface area contributed by atoms with Crippen molar-refractivity contribution >= 4 is 64.0 Å². The van der Waals surface area contributed by atoms with Crippen LogP contribution in [0.1, 0.15) is 5.56 Å². The predicted octanol–water partition coefficient (Wildman–Crippen LogP) is 2.81. The number of nitrogens with one attached hydrogen (secondary N) is 1. The molecule has 1 aromatic carbocycles. The van der Waals surface area contributed by atoms with Crippen LogP contribution in [0.25, 0.3) is 0 Å². The average molecular weight is 389 g/mol. The lowest BCUT2D eigenvalue weighted by Crippen LogP contribution is -2.14. The van der Waals surface area contributed by atoms with E-state index < -0.39 is 5.91 Å². The zero-order chi connectivity index (χ0) is 16.8. The number of aromatic nitrogens is 2. The second-order valence-electron chi connectivity index (χ2n) is 4.34. The lowest BCUT2D eigenvalue weighted by Gasteiger charge is -2.08. The first-order chi connectivity index (χ1) is 11.0. The standard InChI is InChI=1S/C13H13ClN4O2S3/c1-7-8(14)3-2-4-9(7)16-11(20)6-22-13-18-17-12(23-13)21-5-10(15)19/h2-4H,5-6H2,1H3,(H2,15,19)(H,16,20). The fourth-order valence-electron chi connectivity index (χ4n) is 1.50. The van der Waals surface area contributed by atoms with Crippen molar-refractivity contribution in [1.29, 1.82) is 0 Å². The minimum absolute atomic E-state index is 0.151. The molecule has 23 heavy (non-hydrogen) atoms. The number of hydrogen-bond acceptors (Lipinski definition) is 7. The molecular weight excluding hydrogens is 376 g/mol. The highest BCUT2D eigenvalue weighted by atomic mass is 35.5. The van der Waals surface area contributed by atoms with Crippen molar-refractivity contribution in [2.75, 3.05) is 16.8 Å². The van der Waals surface area contributed by atoms with Crippen LogP contribution in [0.5, 0.6) is 0 Å². The van der Waals surface area contributed by atoms with Gasteiger partial charge in [0, 0.05) is 10.7 Å². The summed E-state index contributed by atoms with van der Waals surface area (Å²) in [6, 6.07) is 5.35. The van der Waals surface area contributed by atoms with Gasteiger partial charge in [-0.2, -0.15) is 0 Å². The molecule has 0 unspecified atom stereocenters. The van der Waals surface area contributed by atoms with Gasteiger partial charge in [-0.3, -0.25) is 9.59 Å². The van der Waals surface area contributed by atoms with E-state index in [1.165, 1.54) is 34.9 Å². The molecule has 10 heteroatoms. The minimum atomic E-state index is -0.407. The van der Waals surface area contributed by atoms with E-state index in [1.54, 1.807) is 18.2 Å². The highest BCUT2D eigenvalue weighted by molar-refractivity contribution is 8.03. The molecule has 2 rings (SSSR count). The van der Waals surface area contributed by atoms with Crippen molar-refractivity contribution in [2.24, 2.45) is 5.73 Å². The summed E-state index contributed by atoms with van der Waals surface area (Å²) in [5.74, 6) is -0.188. The molecule has 6 nitrogen and oxygen atoms in total. The Labute approximate surface area is 150 Å². The maximum Gasteiger partial charge on any atom is 0.234 e. The highest BCUT2D eigenvalue weighted by Gasteiger charge is 2.11. The second-order valence-corrected chi connectivity index (χ2v) is 8.17. The molecule has 0 spiro atoms. The number of thioether (sulfide) groups is 2. The quantitative estimate of drug-likeness (QED) is 0.707. The number of primary amides is 1. The van der Waals surface area contributed by atoms with Gasteiger partial charge in [0.15, 0.2) is 8.68 Å². The predicted molar refractivity (Wildman–Crippen MR) is 95.4 cm³/mol. The summed E-state index contributed by atoms with van der Waals surface area (Å²) in [7, 11) is 0. The average Bonchev–Trinajstić information content (AvgIpc) is 2.96. The Morgan fingerprint density at radius 1 is 1.26 bits per heavy atom. The molecule has 0 bridgehead atoms. The van der Waals surface area contributed by atoms with Gasteiger partial charge in [-0.15, -0.1) is 10.2 Å². The van der Waals surface area contributed by atoms with E-state index >= 15 is 0 Å². The van der Waals surface area contributed by atoms with Crippen LogP contribution in [0.4, 0.5) is 5.69 Å². The third kappa shape index (κ3) is 5.69. The number of carbonyl (C=O) groups excluding carboxylic acids is 2. The molecule has 2 amide bonds. The topological polar surface area (TPSA) is 98.0 Å². The maximum atomic E-state index is 12.0. The number of anilines is 1. The molecule has 0 aliphatic carbocycles. The largest absolute Gasteiger partial charge is 0.369 e. The van der Waals surface area contributed by atoms with Gasteiger partial charge in [0.1, 0.15) is 0 Å². The lowest BCUT2D eigenvalue weighted by molar-refractivity contribution is -0.115. The Balaban J connectivity index is 1.85. The summed E-state index contributed by atoms with van der Waals surface area (Å²) < 4.78 is 1.31. The molecule has 0 aliphatic rings. The van der Waals surface area contributed by atoms with Gasteiger partial charge in [0.05, 0.1) is 11.5 Å². The molecule has 0 atom stereocenters. The van der Waals surface area contributed by atoms with Crippen LogP contribution in [-0.4, -0.2) is 33.5 Å². The molecule has 0 radical (unpaired) electrons. The van der Waals surface area contributed by atoms with Crippen LogP contribution < -0.4 is 11.1 Å². The number of hydrogen-bond donors (Lipinski definition) is 2. The van der Waals surface area contributed by atoms with E-state index in [9.17, 15) is 9.59 Å². The van der Waals surface area contributed by atoms with Crippen LogP contribution >= 0.6 is 46.5 Å². The molecule has 122 valence electrons. The summed E-state index contributed by atoms with van der Waals surface area (Å²) in [5, 5.41) is 11.3. The Morgan fingerprint density at radius 3 is 2.57 bits per heavy atom. The molecule has 1 heterocycles. The molecule has 0 saturated carbocycles. The van der Waals surface area contributed by atoms with E-state index in [1.807, 2.05) is 6.92 Å². The Kier molecular flexibility index (Phi) is 6.70. The first-order valence-electron chi connectivity index (χ1n) is 6.38. The first kappa shape index (κ1) is 18.1. The van der Waals surface area contributed by atoms with E-state index in [0.29, 0.717) is 19.4 Å². The molecular formula is C13H13ClN4O2S3. The van der Waals surface area contributed by atoms with Crippen LogP contribution in [0.2, 0.25) is 5.02 Å². The molecule has 1 aromatic heterocycles. The summed E-state index contributed by atoms with van der Waals surface area (Å²) in [4.78, 5) is 22.7. The minimum Gasteiger partial charge on any atom is -0.369 e. The number of nitrogens with zero attached hydrogens (tertiary/aromatic N) is 2. The van der Waals surface area contributed by atoms with Crippen LogP contribution in [0.15, 0.2) is 26.9 Å². The number of benzene rings is 1. The van der Waals surface area contributed by atoms with E-state index in [4.69, 9.17) is 17.3 Å². The van der Waals surface area contributed by atoms with Gasteiger partial charge in [-0.05, 0) is 24.6 Å².